The number of carbonyl (C=O) groups excluding carboxylic acids is 1. The van der Waals surface area contributed by atoms with Crippen LogP contribution in [0, 0.1) is 6.92 Å². The SMILES string of the molecule is COCCN(CCOC)C(C)C(=O)c1ccc(C)cc1. The van der Waals surface area contributed by atoms with Crippen LogP contribution in [0.25, 0.3) is 0 Å². The van der Waals surface area contributed by atoms with E-state index in [1.807, 2.05) is 38.1 Å². The number of ether oxygens (including phenoxy) is 2. The Kier molecular flexibility index (Phi) is 7.44. The molecular formula is C16H25NO3. The number of aryl methyl sites for hydroxylation is 1. The molecule has 1 atom stereocenters. The van der Waals surface area contributed by atoms with Crippen molar-refractivity contribution in [1.82, 2.24) is 4.90 Å². The fourth-order valence-electron chi connectivity index (χ4n) is 2.04. The Morgan fingerprint density at radius 2 is 1.60 bits per heavy atom. The first-order chi connectivity index (χ1) is 9.60. The van der Waals surface area contributed by atoms with Crippen molar-refractivity contribution < 1.29 is 14.3 Å². The molecule has 4 heteroatoms. The van der Waals surface area contributed by atoms with E-state index >= 15 is 0 Å². The standard InChI is InChI=1S/C16H25NO3/c1-13-5-7-15(8-6-13)16(18)14(2)17(9-11-19-3)10-12-20-4/h5-8,14H,9-12H2,1-4H3. The molecule has 0 saturated heterocycles. The first-order valence-corrected chi connectivity index (χ1v) is 6.93. The number of hydrogen-bond acceptors (Lipinski definition) is 4. The van der Waals surface area contributed by atoms with Gasteiger partial charge in [0.2, 0.25) is 0 Å². The summed E-state index contributed by atoms with van der Waals surface area (Å²) >= 11 is 0. The van der Waals surface area contributed by atoms with Crippen LogP contribution >= 0.6 is 0 Å². The highest BCUT2D eigenvalue weighted by Crippen LogP contribution is 2.10. The van der Waals surface area contributed by atoms with Crippen LogP contribution in [0.5, 0.6) is 0 Å². The highest BCUT2D eigenvalue weighted by Gasteiger charge is 2.21. The van der Waals surface area contributed by atoms with Crippen molar-refractivity contribution in [1.29, 1.82) is 0 Å². The van der Waals surface area contributed by atoms with Gasteiger partial charge in [-0.25, -0.2) is 0 Å². The molecule has 0 radical (unpaired) electrons. The molecule has 0 N–H and O–H groups in total. The minimum atomic E-state index is -0.178. The average molecular weight is 279 g/mol. The number of carbonyl (C=O) groups is 1. The average Bonchev–Trinajstić information content (AvgIpc) is 2.47. The summed E-state index contributed by atoms with van der Waals surface area (Å²) in [6.45, 7) is 6.61. The molecule has 0 amide bonds. The molecule has 0 heterocycles. The van der Waals surface area contributed by atoms with E-state index in [9.17, 15) is 4.79 Å². The van der Waals surface area contributed by atoms with Gasteiger partial charge in [0.1, 0.15) is 0 Å². The van der Waals surface area contributed by atoms with E-state index in [4.69, 9.17) is 9.47 Å². The third kappa shape index (κ3) is 5.04. The van der Waals surface area contributed by atoms with Gasteiger partial charge in [0.25, 0.3) is 0 Å². The predicted octanol–water partition coefficient (Wildman–Crippen LogP) is 2.16. The summed E-state index contributed by atoms with van der Waals surface area (Å²) in [5.41, 5.74) is 1.91. The minimum absolute atomic E-state index is 0.136. The molecule has 0 saturated carbocycles. The van der Waals surface area contributed by atoms with Crippen LogP contribution in [0.15, 0.2) is 24.3 Å². The maximum Gasteiger partial charge on any atom is 0.179 e. The summed E-state index contributed by atoms with van der Waals surface area (Å²) < 4.78 is 10.2. The molecule has 0 aliphatic rings. The number of benzene rings is 1. The number of methoxy groups -OCH3 is 2. The number of hydrogen-bond donors (Lipinski definition) is 0. The monoisotopic (exact) mass is 279 g/mol. The molecule has 0 aliphatic carbocycles. The Balaban J connectivity index is 2.73. The molecule has 0 fully saturated rings. The number of rotatable bonds is 9. The molecule has 20 heavy (non-hydrogen) atoms. The quantitative estimate of drug-likeness (QED) is 0.649. The van der Waals surface area contributed by atoms with E-state index in [2.05, 4.69) is 4.90 Å². The second-order valence-corrected chi connectivity index (χ2v) is 4.93. The van der Waals surface area contributed by atoms with Crippen LogP contribution in [0.3, 0.4) is 0 Å². The Morgan fingerprint density at radius 3 is 2.05 bits per heavy atom. The maximum absolute atomic E-state index is 12.5. The summed E-state index contributed by atoms with van der Waals surface area (Å²) in [5.74, 6) is 0.136. The number of Topliss-reactive ketones (excluding diaryl/α,β-unsaturated/α-hetero) is 1. The van der Waals surface area contributed by atoms with Crippen LogP contribution in [0.1, 0.15) is 22.8 Å². The van der Waals surface area contributed by atoms with E-state index < -0.39 is 0 Å². The molecule has 1 aromatic carbocycles. The maximum atomic E-state index is 12.5. The van der Waals surface area contributed by atoms with E-state index in [1.54, 1.807) is 14.2 Å². The van der Waals surface area contributed by atoms with Crippen molar-refractivity contribution in [2.24, 2.45) is 0 Å². The topological polar surface area (TPSA) is 38.8 Å². The van der Waals surface area contributed by atoms with Crippen LogP contribution in [-0.2, 0) is 9.47 Å². The Bertz CT molecular complexity index is 395. The molecule has 112 valence electrons. The zero-order valence-corrected chi connectivity index (χ0v) is 12.9. The van der Waals surface area contributed by atoms with Crippen molar-refractivity contribution in [3.63, 3.8) is 0 Å². The Labute approximate surface area is 121 Å². The largest absolute Gasteiger partial charge is 0.383 e. The lowest BCUT2D eigenvalue weighted by molar-refractivity contribution is 0.0687. The van der Waals surface area contributed by atoms with Crippen LogP contribution in [0.4, 0.5) is 0 Å². The van der Waals surface area contributed by atoms with Gasteiger partial charge in [-0.05, 0) is 13.8 Å². The van der Waals surface area contributed by atoms with Crippen molar-refractivity contribution in [3.05, 3.63) is 35.4 Å². The number of nitrogens with zero attached hydrogens (tertiary/aromatic N) is 1. The van der Waals surface area contributed by atoms with Gasteiger partial charge in [-0.2, -0.15) is 0 Å². The van der Waals surface area contributed by atoms with Crippen LogP contribution in [0.2, 0.25) is 0 Å². The zero-order chi connectivity index (χ0) is 15.0. The van der Waals surface area contributed by atoms with Crippen molar-refractivity contribution >= 4 is 5.78 Å². The van der Waals surface area contributed by atoms with Gasteiger partial charge in [-0.15, -0.1) is 0 Å². The van der Waals surface area contributed by atoms with Gasteiger partial charge in [0.15, 0.2) is 5.78 Å². The predicted molar refractivity (Wildman–Crippen MR) is 80.3 cm³/mol. The second kappa shape index (κ2) is 8.84. The third-order valence-corrected chi connectivity index (χ3v) is 3.43. The second-order valence-electron chi connectivity index (χ2n) is 4.93. The van der Waals surface area contributed by atoms with Crippen molar-refractivity contribution in [2.45, 2.75) is 19.9 Å². The molecule has 4 nitrogen and oxygen atoms in total. The third-order valence-electron chi connectivity index (χ3n) is 3.43. The van der Waals surface area contributed by atoms with Gasteiger partial charge >= 0.3 is 0 Å². The van der Waals surface area contributed by atoms with Crippen molar-refractivity contribution in [2.75, 3.05) is 40.5 Å². The van der Waals surface area contributed by atoms with E-state index in [0.29, 0.717) is 13.2 Å². The van der Waals surface area contributed by atoms with Gasteiger partial charge < -0.3 is 9.47 Å². The van der Waals surface area contributed by atoms with Gasteiger partial charge in [-0.3, -0.25) is 9.69 Å². The first kappa shape index (κ1) is 16.8. The molecule has 0 bridgehead atoms. The summed E-state index contributed by atoms with van der Waals surface area (Å²) in [4.78, 5) is 14.6. The summed E-state index contributed by atoms with van der Waals surface area (Å²) in [6, 6.07) is 7.53. The van der Waals surface area contributed by atoms with Crippen LogP contribution < -0.4 is 0 Å². The van der Waals surface area contributed by atoms with E-state index in [1.165, 1.54) is 0 Å². The van der Waals surface area contributed by atoms with Crippen molar-refractivity contribution in [3.8, 4) is 0 Å². The highest BCUT2D eigenvalue weighted by atomic mass is 16.5. The summed E-state index contributed by atoms with van der Waals surface area (Å²) in [7, 11) is 3.34. The molecule has 0 aromatic heterocycles. The number of ketones is 1. The van der Waals surface area contributed by atoms with Gasteiger partial charge in [0.05, 0.1) is 19.3 Å². The highest BCUT2D eigenvalue weighted by molar-refractivity contribution is 5.99. The van der Waals surface area contributed by atoms with Gasteiger partial charge in [0, 0.05) is 32.9 Å². The van der Waals surface area contributed by atoms with E-state index in [-0.39, 0.29) is 11.8 Å². The first-order valence-electron chi connectivity index (χ1n) is 6.93. The van der Waals surface area contributed by atoms with E-state index in [0.717, 1.165) is 24.2 Å². The zero-order valence-electron chi connectivity index (χ0n) is 12.9. The molecule has 1 rings (SSSR count). The van der Waals surface area contributed by atoms with Gasteiger partial charge in [-0.1, -0.05) is 29.8 Å². The molecule has 1 aromatic rings. The molecule has 0 spiro atoms. The van der Waals surface area contributed by atoms with Crippen LogP contribution in [-0.4, -0.2) is 57.2 Å². The summed E-state index contributed by atoms with van der Waals surface area (Å²) in [6.07, 6.45) is 0. The lowest BCUT2D eigenvalue weighted by Crippen LogP contribution is -2.42. The normalized spacial score (nSPS) is 12.7. The smallest absolute Gasteiger partial charge is 0.179 e. The summed E-state index contributed by atoms with van der Waals surface area (Å²) in [5, 5.41) is 0. The Morgan fingerprint density at radius 1 is 1.10 bits per heavy atom. The molecular weight excluding hydrogens is 254 g/mol. The molecule has 1 unspecified atom stereocenters. The Hall–Kier alpha value is -1.23. The lowest BCUT2D eigenvalue weighted by atomic mass is 10.0. The fourth-order valence-corrected chi connectivity index (χ4v) is 2.04. The lowest BCUT2D eigenvalue weighted by Gasteiger charge is -2.27. The minimum Gasteiger partial charge on any atom is -0.383 e. The fraction of sp³-hybridized carbons (Fsp3) is 0.562. The molecule has 0 aliphatic heterocycles.